The number of halogens is 3. The van der Waals surface area contributed by atoms with Crippen molar-refractivity contribution in [1.29, 1.82) is 0 Å². The van der Waals surface area contributed by atoms with Gasteiger partial charge in [-0.1, -0.05) is 68.1 Å². The number of carbonyl (C=O) groups is 2. The Hall–Kier alpha value is -2.54. The number of nitrogens with one attached hydrogen (secondary N) is 3. The number of benzene rings is 2. The molecule has 0 saturated carbocycles. The van der Waals surface area contributed by atoms with Gasteiger partial charge < -0.3 is 56.1 Å². The number of carboxylic acids is 2. The number of aliphatic carboxylic acids is 2. The van der Waals surface area contributed by atoms with E-state index in [1.807, 2.05) is 55.2 Å². The molecule has 0 aliphatic carbocycles. The fourth-order valence-corrected chi connectivity index (χ4v) is 9.25. The molecule has 0 bridgehead atoms. The molecule has 0 amide bonds. The normalized spacial score (nSPS) is 17.2. The summed E-state index contributed by atoms with van der Waals surface area (Å²) in [5.41, 5.74) is -0.294. The smallest absolute Gasteiger partial charge is 0.870 e. The summed E-state index contributed by atoms with van der Waals surface area (Å²) in [6.07, 6.45) is 1.31. The molecule has 0 fully saturated rings. The van der Waals surface area contributed by atoms with Crippen molar-refractivity contribution in [2.75, 3.05) is 60.6 Å². The van der Waals surface area contributed by atoms with Crippen molar-refractivity contribution in [2.24, 2.45) is 0 Å². The van der Waals surface area contributed by atoms with Gasteiger partial charge in [0.1, 0.15) is 18.3 Å². The standard InChI is InChI=1S/3C9H13NOS.2C8H8O3.CHF3O3S.CH4.K.H2O/c3*1-10-6-8-9-7(2-4-11-8)3-5-12-9;2*9-7(8(10)11)6-4-2-1-3-5-6;2-1(3,4)8(5,6)7;;;/h3*3,5,8,10H,2,4,6H2,1H3;2*1-5,7,9H,(H,10,11);(H,5,6,7);1H4;;1H2/q;;;;;;;+1;/p-1/t8-;;;2*7-;;;;/m0..11..../s1. The van der Waals surface area contributed by atoms with Crippen molar-refractivity contribution >= 4 is 56.1 Å². The zero-order valence-electron chi connectivity index (χ0n) is 37.8. The number of fused-ring (bicyclic) bond motifs is 3. The maximum atomic E-state index is 10.7. The van der Waals surface area contributed by atoms with Crippen LogP contribution in [0, 0.1) is 0 Å². The van der Waals surface area contributed by atoms with Crippen LogP contribution in [0.4, 0.5) is 13.2 Å². The van der Waals surface area contributed by atoms with Crippen LogP contribution in [0.2, 0.25) is 0 Å². The Morgan fingerprint density at radius 2 is 0.884 bits per heavy atom. The summed E-state index contributed by atoms with van der Waals surface area (Å²) in [4.78, 5) is 24.7. The fraction of sp³-hybridized carbons (Fsp3) is 0.422. The Labute approximate surface area is 455 Å². The van der Waals surface area contributed by atoms with Gasteiger partial charge in [-0.3, -0.25) is 4.55 Å². The van der Waals surface area contributed by atoms with E-state index in [1.165, 1.54) is 31.3 Å². The minimum Gasteiger partial charge on any atom is -0.870 e. The number of hydrogen-bond donors (Lipinski definition) is 8. The third kappa shape index (κ3) is 22.8. The first kappa shape index (κ1) is 66.5. The molecule has 5 atom stereocenters. The van der Waals surface area contributed by atoms with Crippen LogP contribution in [0.5, 0.6) is 0 Å². The van der Waals surface area contributed by atoms with Gasteiger partial charge in [-0.15, -0.1) is 34.0 Å². The predicted octanol–water partition coefficient (Wildman–Crippen LogP) is 4.21. The van der Waals surface area contributed by atoms with Crippen LogP contribution in [-0.4, -0.2) is 117 Å². The van der Waals surface area contributed by atoms with Gasteiger partial charge in [-0.05, 0) is 103 Å². The SMILES string of the molecule is C.CNCC1OCCc2ccsc21.CNCC1OCCc2ccsc21.CNC[C@@H]1OCCc2ccsc21.O=C(O)[C@H](O)c1ccccc1.O=C(O)[C@H](O)c1ccccc1.O=S(=O)(O)C(F)(F)F.[K+].[OH-]. The third-order valence-corrected chi connectivity index (χ3v) is 13.2. The average Bonchev–Trinajstić information content (AvgIpc) is 4.10. The zero-order valence-corrected chi connectivity index (χ0v) is 44.2. The Kier molecular flexibility index (Phi) is 33.5. The second kappa shape index (κ2) is 34.8. The van der Waals surface area contributed by atoms with Gasteiger partial charge in [-0.25, -0.2) is 9.59 Å². The molecule has 9 N–H and O–H groups in total. The largest absolute Gasteiger partial charge is 1.00 e. The maximum absolute atomic E-state index is 10.7. The molecule has 3 aromatic heterocycles. The maximum Gasteiger partial charge on any atom is 1.00 e. The molecule has 0 saturated heterocycles. The quantitative estimate of drug-likeness (QED) is 0.0553. The molecule has 69 heavy (non-hydrogen) atoms. The summed E-state index contributed by atoms with van der Waals surface area (Å²) in [6, 6.07) is 23.2. The van der Waals surface area contributed by atoms with Gasteiger partial charge in [0.05, 0.1) is 19.8 Å². The minimum atomic E-state index is -5.84. The van der Waals surface area contributed by atoms with E-state index < -0.39 is 39.8 Å². The first-order valence-corrected chi connectivity index (χ1v) is 24.4. The number of hydrogen-bond acceptors (Lipinski definition) is 16. The number of ether oxygens (including phenoxy) is 3. The van der Waals surface area contributed by atoms with Crippen molar-refractivity contribution in [3.8, 4) is 0 Å². The van der Waals surface area contributed by atoms with E-state index in [0.29, 0.717) is 29.4 Å². The molecule has 3 aliphatic heterocycles. The van der Waals surface area contributed by atoms with E-state index in [0.717, 1.165) is 58.7 Å². The summed E-state index contributed by atoms with van der Waals surface area (Å²) in [6.45, 7) is 5.39. The van der Waals surface area contributed by atoms with E-state index in [9.17, 15) is 22.8 Å². The molecule has 2 unspecified atom stereocenters. The van der Waals surface area contributed by atoms with Crippen LogP contribution in [0.3, 0.4) is 0 Å². The van der Waals surface area contributed by atoms with E-state index in [1.54, 1.807) is 60.7 Å². The fourth-order valence-electron chi connectivity index (χ4n) is 6.24. The summed E-state index contributed by atoms with van der Waals surface area (Å²) >= 11 is 5.43. The summed E-state index contributed by atoms with van der Waals surface area (Å²) in [7, 11) is 0.0503. The zero-order chi connectivity index (χ0) is 48.7. The average molecular weight is 1080 g/mol. The van der Waals surface area contributed by atoms with Gasteiger partial charge in [0.25, 0.3) is 0 Å². The molecule has 24 heteroatoms. The van der Waals surface area contributed by atoms with Crippen LogP contribution < -0.4 is 67.3 Å². The molecular formula is C45H61F3KN3O13S4. The summed E-state index contributed by atoms with van der Waals surface area (Å²) < 4.78 is 74.5. The number of aliphatic hydroxyl groups excluding tert-OH is 2. The monoisotopic (exact) mass is 1080 g/mol. The van der Waals surface area contributed by atoms with Crippen LogP contribution in [0.25, 0.3) is 0 Å². The van der Waals surface area contributed by atoms with Gasteiger partial charge >= 0.3 is 78.9 Å². The topological polar surface area (TPSA) is 263 Å². The number of aliphatic hydroxyl groups is 2. The molecule has 8 rings (SSSR count). The van der Waals surface area contributed by atoms with E-state index in [-0.39, 0.29) is 64.3 Å². The molecule has 0 radical (unpaired) electrons. The van der Waals surface area contributed by atoms with Crippen LogP contribution >= 0.6 is 34.0 Å². The Balaban J connectivity index is 0.000000801. The number of carboxylic acid groups (broad SMARTS) is 2. The van der Waals surface area contributed by atoms with Crippen LogP contribution in [0.15, 0.2) is 95.0 Å². The Morgan fingerprint density at radius 3 is 1.10 bits per heavy atom. The second-order valence-electron chi connectivity index (χ2n) is 14.2. The Morgan fingerprint density at radius 1 is 0.623 bits per heavy atom. The molecule has 380 valence electrons. The first-order valence-electron chi connectivity index (χ1n) is 20.4. The molecule has 16 nitrogen and oxygen atoms in total. The third-order valence-electron chi connectivity index (χ3n) is 9.45. The van der Waals surface area contributed by atoms with Crippen molar-refractivity contribution in [3.63, 3.8) is 0 Å². The van der Waals surface area contributed by atoms with Gasteiger partial charge in [0.15, 0.2) is 12.2 Å². The predicted molar refractivity (Wildman–Crippen MR) is 256 cm³/mol. The number of likely N-dealkylation sites (N-methyl/N-ethyl adjacent to an activating group) is 3. The molecule has 3 aliphatic rings. The molecular weight excluding hydrogens is 1010 g/mol. The van der Waals surface area contributed by atoms with Crippen molar-refractivity contribution in [2.45, 2.75) is 62.7 Å². The molecule has 6 heterocycles. The van der Waals surface area contributed by atoms with Gasteiger partial charge in [0, 0.05) is 34.3 Å². The van der Waals surface area contributed by atoms with Crippen LogP contribution in [0.1, 0.15) is 80.4 Å². The minimum absolute atomic E-state index is 0. The molecule has 5 aromatic rings. The number of thiophene rings is 3. The van der Waals surface area contributed by atoms with E-state index >= 15 is 0 Å². The van der Waals surface area contributed by atoms with Crippen LogP contribution in [-0.2, 0) is 53.2 Å². The number of rotatable bonds is 10. The summed E-state index contributed by atoms with van der Waals surface area (Å²) in [5.74, 6) is -2.45. The second-order valence-corrected chi connectivity index (χ2v) is 18.4. The van der Waals surface area contributed by atoms with Crippen molar-refractivity contribution < 1.29 is 127 Å². The van der Waals surface area contributed by atoms with E-state index in [4.69, 9.17) is 47.6 Å². The Bertz CT molecular complexity index is 2090. The van der Waals surface area contributed by atoms with Crippen molar-refractivity contribution in [1.82, 2.24) is 16.0 Å². The molecule has 2 aromatic carbocycles. The van der Waals surface area contributed by atoms with Gasteiger partial charge in [0.2, 0.25) is 0 Å². The van der Waals surface area contributed by atoms with Crippen molar-refractivity contribution in [3.05, 3.63) is 137 Å². The molecule has 0 spiro atoms. The van der Waals surface area contributed by atoms with Gasteiger partial charge in [-0.2, -0.15) is 21.6 Å². The van der Waals surface area contributed by atoms with E-state index in [2.05, 4.69) is 50.3 Å². The summed E-state index contributed by atoms with van der Waals surface area (Å²) in [5, 5.41) is 50.7. The first-order chi connectivity index (χ1) is 31.4. The number of alkyl halides is 3.